The van der Waals surface area contributed by atoms with Gasteiger partial charge in [-0.15, -0.1) is 0 Å². The van der Waals surface area contributed by atoms with Gasteiger partial charge in [-0.05, 0) is 12.8 Å². The second kappa shape index (κ2) is 2.57. The van der Waals surface area contributed by atoms with E-state index in [1.54, 1.807) is 12.3 Å². The zero-order valence-corrected chi connectivity index (χ0v) is 7.13. The molecule has 0 saturated heterocycles. The number of aliphatic imine (C=N–C) groups is 1. The van der Waals surface area contributed by atoms with E-state index in [-0.39, 0.29) is 11.6 Å². The molecule has 1 unspecified atom stereocenters. The average Bonchev–Trinajstić information content (AvgIpc) is 1.86. The van der Waals surface area contributed by atoms with Crippen LogP contribution in [0.3, 0.4) is 0 Å². The topological polar surface area (TPSA) is 44.6 Å². The van der Waals surface area contributed by atoms with Crippen molar-refractivity contribution in [2.24, 2.45) is 10.9 Å². The largest absolute Gasteiger partial charge is 0.493 e. The summed E-state index contributed by atoms with van der Waals surface area (Å²) in [6.07, 6.45) is 3.27. The molecular formula is C8H14N2O. The van der Waals surface area contributed by atoms with E-state index in [9.17, 15) is 0 Å². The van der Waals surface area contributed by atoms with E-state index >= 15 is 0 Å². The first-order valence-corrected chi connectivity index (χ1v) is 3.77. The quantitative estimate of drug-likeness (QED) is 0.600. The Balaban J connectivity index is 2.83. The second-order valence-corrected chi connectivity index (χ2v) is 3.25. The van der Waals surface area contributed by atoms with Gasteiger partial charge in [0.05, 0.1) is 0 Å². The third-order valence-corrected chi connectivity index (χ3v) is 2.08. The summed E-state index contributed by atoms with van der Waals surface area (Å²) in [4.78, 5) is 4.09. The summed E-state index contributed by atoms with van der Waals surface area (Å²) in [6, 6.07) is 0. The van der Waals surface area contributed by atoms with Crippen molar-refractivity contribution in [1.82, 2.24) is 5.32 Å². The zero-order chi connectivity index (χ0) is 8.48. The van der Waals surface area contributed by atoms with Crippen LogP contribution in [-0.2, 0) is 0 Å². The van der Waals surface area contributed by atoms with Gasteiger partial charge in [0.1, 0.15) is 5.66 Å². The SMILES string of the molecule is CC(C)C1(C)N=C(O)C=CN1. The number of nitrogens with zero attached hydrogens (tertiary/aromatic N) is 1. The first-order valence-electron chi connectivity index (χ1n) is 3.77. The molecule has 11 heavy (non-hydrogen) atoms. The van der Waals surface area contributed by atoms with Crippen LogP contribution in [0.25, 0.3) is 0 Å². The van der Waals surface area contributed by atoms with E-state index in [1.807, 2.05) is 6.92 Å². The predicted molar refractivity (Wildman–Crippen MR) is 45.6 cm³/mol. The molecule has 0 aliphatic carbocycles. The van der Waals surface area contributed by atoms with Crippen LogP contribution >= 0.6 is 0 Å². The number of aliphatic hydroxyl groups excluding tert-OH is 1. The highest BCUT2D eigenvalue weighted by atomic mass is 16.3. The van der Waals surface area contributed by atoms with Crippen molar-refractivity contribution in [3.05, 3.63) is 12.3 Å². The molecule has 0 fully saturated rings. The van der Waals surface area contributed by atoms with E-state index in [0.29, 0.717) is 5.92 Å². The van der Waals surface area contributed by atoms with E-state index in [1.165, 1.54) is 0 Å². The third-order valence-electron chi connectivity index (χ3n) is 2.08. The van der Waals surface area contributed by atoms with Gasteiger partial charge in [0.2, 0.25) is 5.90 Å². The summed E-state index contributed by atoms with van der Waals surface area (Å²) >= 11 is 0. The Bertz CT molecular complexity index is 208. The fourth-order valence-corrected chi connectivity index (χ4v) is 0.888. The number of hydrogen-bond acceptors (Lipinski definition) is 2. The molecule has 62 valence electrons. The van der Waals surface area contributed by atoms with E-state index in [2.05, 4.69) is 24.2 Å². The van der Waals surface area contributed by atoms with E-state index in [4.69, 9.17) is 5.11 Å². The maximum absolute atomic E-state index is 9.12. The molecule has 0 aromatic heterocycles. The Hall–Kier alpha value is -0.990. The molecular weight excluding hydrogens is 140 g/mol. The Morgan fingerprint density at radius 2 is 2.27 bits per heavy atom. The molecule has 0 bridgehead atoms. The maximum atomic E-state index is 9.12. The van der Waals surface area contributed by atoms with Crippen LogP contribution in [0.2, 0.25) is 0 Å². The number of nitrogens with one attached hydrogen (secondary N) is 1. The van der Waals surface area contributed by atoms with Crippen molar-refractivity contribution < 1.29 is 5.11 Å². The van der Waals surface area contributed by atoms with Crippen LogP contribution in [-0.4, -0.2) is 16.7 Å². The van der Waals surface area contributed by atoms with E-state index in [0.717, 1.165) is 0 Å². The molecule has 1 atom stereocenters. The highest BCUT2D eigenvalue weighted by molar-refractivity contribution is 5.86. The molecule has 0 saturated carbocycles. The summed E-state index contributed by atoms with van der Waals surface area (Å²) in [7, 11) is 0. The van der Waals surface area contributed by atoms with Crippen molar-refractivity contribution >= 4 is 5.90 Å². The van der Waals surface area contributed by atoms with Gasteiger partial charge in [-0.2, -0.15) is 0 Å². The second-order valence-electron chi connectivity index (χ2n) is 3.25. The van der Waals surface area contributed by atoms with Crippen LogP contribution in [0.4, 0.5) is 0 Å². The fraction of sp³-hybridized carbons (Fsp3) is 0.625. The minimum atomic E-state index is -0.348. The average molecular weight is 154 g/mol. The van der Waals surface area contributed by atoms with Crippen molar-refractivity contribution in [3.63, 3.8) is 0 Å². The van der Waals surface area contributed by atoms with Gasteiger partial charge < -0.3 is 10.4 Å². The minimum absolute atomic E-state index is 0.0972. The molecule has 0 aromatic rings. The fourth-order valence-electron chi connectivity index (χ4n) is 0.888. The molecule has 0 aromatic carbocycles. The summed E-state index contributed by atoms with van der Waals surface area (Å²) in [5.74, 6) is 0.453. The highest BCUT2D eigenvalue weighted by Crippen LogP contribution is 2.19. The third kappa shape index (κ3) is 1.53. The monoisotopic (exact) mass is 154 g/mol. The molecule has 0 radical (unpaired) electrons. The normalized spacial score (nSPS) is 30.0. The number of rotatable bonds is 1. The Labute approximate surface area is 66.8 Å². The van der Waals surface area contributed by atoms with Crippen molar-refractivity contribution in [2.45, 2.75) is 26.4 Å². The lowest BCUT2D eigenvalue weighted by Gasteiger charge is -2.31. The molecule has 1 rings (SSSR count). The van der Waals surface area contributed by atoms with Gasteiger partial charge >= 0.3 is 0 Å². The standard InChI is InChI=1S/C8H14N2O/c1-6(2)8(3)9-5-4-7(11)10-8/h4-6,9H,1-3H3,(H,10,11). The van der Waals surface area contributed by atoms with Crippen molar-refractivity contribution in [3.8, 4) is 0 Å². The molecule has 1 heterocycles. The van der Waals surface area contributed by atoms with Gasteiger partial charge in [0.25, 0.3) is 0 Å². The molecule has 3 heteroatoms. The lowest BCUT2D eigenvalue weighted by atomic mass is 9.98. The lowest BCUT2D eigenvalue weighted by molar-refractivity contribution is 0.295. The summed E-state index contributed by atoms with van der Waals surface area (Å²) in [6.45, 7) is 6.07. The first-order chi connectivity index (χ1) is 5.04. The van der Waals surface area contributed by atoms with Crippen LogP contribution < -0.4 is 5.32 Å². The summed E-state index contributed by atoms with van der Waals surface area (Å²) in [5, 5.41) is 12.2. The van der Waals surface area contributed by atoms with E-state index < -0.39 is 0 Å². The van der Waals surface area contributed by atoms with Gasteiger partial charge in [-0.1, -0.05) is 13.8 Å². The molecule has 0 spiro atoms. The maximum Gasteiger partial charge on any atom is 0.209 e. The van der Waals surface area contributed by atoms with Gasteiger partial charge in [-0.25, -0.2) is 4.99 Å². The minimum Gasteiger partial charge on any atom is -0.493 e. The van der Waals surface area contributed by atoms with Gasteiger partial charge in [0.15, 0.2) is 0 Å². The highest BCUT2D eigenvalue weighted by Gasteiger charge is 2.27. The smallest absolute Gasteiger partial charge is 0.209 e. The molecule has 0 amide bonds. The Kier molecular flexibility index (Phi) is 1.89. The molecule has 2 N–H and O–H groups in total. The molecule has 1 aliphatic rings. The van der Waals surface area contributed by atoms with Crippen molar-refractivity contribution in [2.75, 3.05) is 0 Å². The predicted octanol–water partition coefficient (Wildman–Crippen LogP) is 1.43. The van der Waals surface area contributed by atoms with Crippen LogP contribution in [0.1, 0.15) is 20.8 Å². The lowest BCUT2D eigenvalue weighted by Crippen LogP contribution is -2.44. The molecule has 3 nitrogen and oxygen atoms in total. The van der Waals surface area contributed by atoms with Gasteiger partial charge in [-0.3, -0.25) is 0 Å². The summed E-state index contributed by atoms with van der Waals surface area (Å²) < 4.78 is 0. The van der Waals surface area contributed by atoms with Crippen molar-refractivity contribution in [1.29, 1.82) is 0 Å². The van der Waals surface area contributed by atoms with Gasteiger partial charge in [0, 0.05) is 12.3 Å². The molecule has 1 aliphatic heterocycles. The van der Waals surface area contributed by atoms with Crippen LogP contribution in [0.5, 0.6) is 0 Å². The van der Waals surface area contributed by atoms with Crippen LogP contribution in [0.15, 0.2) is 17.3 Å². The number of hydrogen-bond donors (Lipinski definition) is 2. The zero-order valence-electron chi connectivity index (χ0n) is 7.13. The Morgan fingerprint density at radius 3 is 2.64 bits per heavy atom. The van der Waals surface area contributed by atoms with Crippen LogP contribution in [0, 0.1) is 5.92 Å². The summed E-state index contributed by atoms with van der Waals surface area (Å²) in [5.41, 5.74) is -0.348. The first kappa shape index (κ1) is 8.11. The Morgan fingerprint density at radius 1 is 1.64 bits per heavy atom. The number of aliphatic hydroxyl groups is 1.